The molecule has 0 aliphatic carbocycles. The minimum absolute atomic E-state index is 0. The van der Waals surface area contributed by atoms with E-state index in [1.54, 1.807) is 0 Å². The molecule has 1 rings (SSSR count). The Morgan fingerprint density at radius 1 is 0.833 bits per heavy atom. The Balaban J connectivity index is 0.00000289. The zero-order valence-electron chi connectivity index (χ0n) is 8.47. The molecule has 0 amide bonds. The van der Waals surface area contributed by atoms with Crippen LogP contribution in [0.3, 0.4) is 0 Å². The Kier molecular flexibility index (Phi) is 4.75. The van der Waals surface area contributed by atoms with E-state index in [1.165, 1.54) is 0 Å². The van der Waals surface area contributed by atoms with Gasteiger partial charge in [-0.25, -0.2) is 0 Å². The molecular weight excluding hydrogens is 266 g/mol. The molecule has 0 saturated heterocycles. The second kappa shape index (κ2) is 5.41. The third-order valence-electron chi connectivity index (χ3n) is 1.78. The average Bonchev–Trinajstić information content (AvgIpc) is 2.15. The van der Waals surface area contributed by atoms with Crippen LogP contribution in [0.25, 0.3) is 0 Å². The zero-order chi connectivity index (χ0) is 13.3. The van der Waals surface area contributed by atoms with Gasteiger partial charge in [0.2, 0.25) is 0 Å². The fourth-order valence-electron chi connectivity index (χ4n) is 1.07. The minimum Gasteiger partial charge on any atom is -0.497 e. The summed E-state index contributed by atoms with van der Waals surface area (Å²) in [4.78, 5) is 27.4. The van der Waals surface area contributed by atoms with E-state index in [9.17, 15) is 30.3 Å². The molecule has 90 valence electrons. The number of phenols is 2. The second-order valence-electron chi connectivity index (χ2n) is 2.73. The molecule has 0 heterocycles. The number of benzene rings is 1. The molecule has 0 spiro atoms. The SMILES string of the molecule is O=[N+]([O-])c1cc([N+](=O)[O-])c(O)c([N+](=O)[O-])c1O.[Mg+2]. The standard InChI is InChI=1S/C6H3N3O8.Mg/c10-5-2(7(12)13)1-3(8(14)15)6(11)4(5)9(16)17;/h1,10-11H;/q;+2. The van der Waals surface area contributed by atoms with Gasteiger partial charge in [0.1, 0.15) is 6.07 Å². The summed E-state index contributed by atoms with van der Waals surface area (Å²) in [6, 6.07) is 0.234. The van der Waals surface area contributed by atoms with Gasteiger partial charge in [0.15, 0.2) is 0 Å². The minimum atomic E-state index is -1.48. The van der Waals surface area contributed by atoms with Crippen molar-refractivity contribution in [3.8, 4) is 11.5 Å². The summed E-state index contributed by atoms with van der Waals surface area (Å²) < 4.78 is 0. The van der Waals surface area contributed by atoms with Crippen molar-refractivity contribution in [2.75, 3.05) is 0 Å². The van der Waals surface area contributed by atoms with Gasteiger partial charge in [-0.2, -0.15) is 0 Å². The molecule has 0 saturated carbocycles. The molecule has 18 heavy (non-hydrogen) atoms. The molecule has 0 bridgehead atoms. The summed E-state index contributed by atoms with van der Waals surface area (Å²) in [6.45, 7) is 0. The van der Waals surface area contributed by atoms with Crippen LogP contribution in [0.1, 0.15) is 0 Å². The first-order chi connectivity index (χ1) is 7.77. The molecule has 2 N–H and O–H groups in total. The van der Waals surface area contributed by atoms with E-state index in [1.807, 2.05) is 0 Å². The van der Waals surface area contributed by atoms with Gasteiger partial charge in [-0.3, -0.25) is 30.3 Å². The van der Waals surface area contributed by atoms with E-state index in [0.29, 0.717) is 0 Å². The van der Waals surface area contributed by atoms with Gasteiger partial charge in [-0.05, 0) is 0 Å². The molecule has 12 heteroatoms. The molecule has 1 aromatic carbocycles. The van der Waals surface area contributed by atoms with Crippen LogP contribution in [-0.2, 0) is 0 Å². The van der Waals surface area contributed by atoms with Crippen LogP contribution in [0.2, 0.25) is 0 Å². The molecule has 1 aromatic rings. The van der Waals surface area contributed by atoms with E-state index in [2.05, 4.69) is 0 Å². The smallest absolute Gasteiger partial charge is 0.497 e. The molecule has 0 aliphatic rings. The Morgan fingerprint density at radius 2 is 1.17 bits per heavy atom. The molecular formula is C6H3MgN3O8+2. The Morgan fingerprint density at radius 3 is 1.39 bits per heavy atom. The topological polar surface area (TPSA) is 170 Å². The van der Waals surface area contributed by atoms with Gasteiger partial charge in [0.25, 0.3) is 11.5 Å². The third kappa shape index (κ3) is 2.54. The van der Waals surface area contributed by atoms with Gasteiger partial charge in [0, 0.05) is 0 Å². The molecule has 0 fully saturated rings. The Hall–Kier alpha value is -2.21. The monoisotopic (exact) mass is 269 g/mol. The summed E-state index contributed by atoms with van der Waals surface area (Å²) in [5.41, 5.74) is -3.95. The van der Waals surface area contributed by atoms with Crippen molar-refractivity contribution in [3.05, 3.63) is 36.4 Å². The van der Waals surface area contributed by atoms with Gasteiger partial charge in [-0.1, -0.05) is 0 Å². The summed E-state index contributed by atoms with van der Waals surface area (Å²) >= 11 is 0. The maximum absolute atomic E-state index is 10.4. The number of nitro groups is 3. The Bertz CT molecular complexity index is 506. The average molecular weight is 269 g/mol. The van der Waals surface area contributed by atoms with Crippen LogP contribution in [0.5, 0.6) is 11.5 Å². The van der Waals surface area contributed by atoms with E-state index < -0.39 is 43.3 Å². The number of aromatic hydroxyl groups is 2. The van der Waals surface area contributed by atoms with Gasteiger partial charge < -0.3 is 10.2 Å². The quantitative estimate of drug-likeness (QED) is 0.452. The summed E-state index contributed by atoms with van der Waals surface area (Å²) in [5.74, 6) is -2.88. The Labute approximate surface area is 113 Å². The number of phenolic OH excluding ortho intramolecular Hbond substituents is 2. The predicted molar refractivity (Wildman–Crippen MR) is 55.5 cm³/mol. The number of hydrogen-bond donors (Lipinski definition) is 2. The largest absolute Gasteiger partial charge is 2.00 e. The normalized spacial score (nSPS) is 9.33. The zero-order valence-corrected chi connectivity index (χ0v) is 9.88. The second-order valence-corrected chi connectivity index (χ2v) is 2.73. The van der Waals surface area contributed by atoms with Gasteiger partial charge in [-0.15, -0.1) is 0 Å². The van der Waals surface area contributed by atoms with Crippen molar-refractivity contribution in [1.29, 1.82) is 0 Å². The first kappa shape index (κ1) is 15.8. The van der Waals surface area contributed by atoms with E-state index in [4.69, 9.17) is 10.2 Å². The fourth-order valence-corrected chi connectivity index (χ4v) is 1.07. The summed E-state index contributed by atoms with van der Waals surface area (Å²) in [7, 11) is 0. The van der Waals surface area contributed by atoms with Gasteiger partial charge in [0.05, 0.1) is 14.8 Å². The first-order valence-corrected chi connectivity index (χ1v) is 3.79. The molecule has 0 aromatic heterocycles. The van der Waals surface area contributed by atoms with Crippen molar-refractivity contribution in [1.82, 2.24) is 0 Å². The van der Waals surface area contributed by atoms with Crippen molar-refractivity contribution in [2.24, 2.45) is 0 Å². The molecule has 0 radical (unpaired) electrons. The maximum Gasteiger partial charge on any atom is 2.00 e. The number of nitrogens with zero attached hydrogens (tertiary/aromatic N) is 3. The van der Waals surface area contributed by atoms with Crippen LogP contribution < -0.4 is 0 Å². The van der Waals surface area contributed by atoms with E-state index >= 15 is 0 Å². The molecule has 0 unspecified atom stereocenters. The van der Waals surface area contributed by atoms with Gasteiger partial charge >= 0.3 is 40.1 Å². The summed E-state index contributed by atoms with van der Waals surface area (Å²) in [6.07, 6.45) is 0. The van der Waals surface area contributed by atoms with Crippen LogP contribution >= 0.6 is 0 Å². The first-order valence-electron chi connectivity index (χ1n) is 3.79. The van der Waals surface area contributed by atoms with Crippen molar-refractivity contribution < 1.29 is 25.0 Å². The molecule has 0 aliphatic heterocycles. The number of hydrogen-bond acceptors (Lipinski definition) is 8. The van der Waals surface area contributed by atoms with Crippen molar-refractivity contribution in [2.45, 2.75) is 0 Å². The number of nitro benzene ring substituents is 3. The van der Waals surface area contributed by atoms with Crippen LogP contribution in [0, 0.1) is 30.3 Å². The van der Waals surface area contributed by atoms with Crippen LogP contribution in [0.15, 0.2) is 6.07 Å². The van der Waals surface area contributed by atoms with Crippen LogP contribution in [0.4, 0.5) is 17.1 Å². The third-order valence-corrected chi connectivity index (χ3v) is 1.78. The van der Waals surface area contributed by atoms with Crippen LogP contribution in [-0.4, -0.2) is 48.0 Å². The number of rotatable bonds is 3. The van der Waals surface area contributed by atoms with E-state index in [0.717, 1.165) is 0 Å². The summed E-state index contributed by atoms with van der Waals surface area (Å²) in [5, 5.41) is 49.5. The van der Waals surface area contributed by atoms with Crippen molar-refractivity contribution >= 4 is 40.1 Å². The molecule has 0 atom stereocenters. The van der Waals surface area contributed by atoms with E-state index in [-0.39, 0.29) is 29.1 Å². The predicted octanol–water partition coefficient (Wildman–Crippen LogP) is 0.442. The fraction of sp³-hybridized carbons (Fsp3) is 0. The van der Waals surface area contributed by atoms with Crippen molar-refractivity contribution in [3.63, 3.8) is 0 Å². The molecule has 11 nitrogen and oxygen atoms in total. The maximum atomic E-state index is 10.4.